The fourth-order valence-corrected chi connectivity index (χ4v) is 8.17. The summed E-state index contributed by atoms with van der Waals surface area (Å²) in [6.07, 6.45) is 12.6. The number of anilines is 2. The molecule has 236 valence electrons. The molecule has 4 heterocycles. The van der Waals surface area contributed by atoms with E-state index in [1.807, 2.05) is 0 Å². The molecule has 0 bridgehead atoms. The minimum atomic E-state index is -5.17. The van der Waals surface area contributed by atoms with Crippen molar-refractivity contribution in [2.24, 2.45) is 0 Å². The Labute approximate surface area is 288 Å². The van der Waals surface area contributed by atoms with Gasteiger partial charge in [0.05, 0.1) is 21.4 Å². The van der Waals surface area contributed by atoms with Crippen LogP contribution in [0.5, 0.6) is 0 Å². The van der Waals surface area contributed by atoms with E-state index < -0.39 is 10.4 Å². The van der Waals surface area contributed by atoms with E-state index in [0.29, 0.717) is 0 Å². The molecule has 0 radical (unpaired) electrons. The van der Waals surface area contributed by atoms with E-state index in [4.69, 9.17) is 17.5 Å². The van der Waals surface area contributed by atoms with Crippen LogP contribution in [0.3, 0.4) is 0 Å². The molecular weight excluding hydrogens is 689 g/mol. The first-order valence-corrected chi connectivity index (χ1v) is 18.7. The van der Waals surface area contributed by atoms with Crippen LogP contribution in [0.25, 0.3) is 32.6 Å². The van der Waals surface area contributed by atoms with Crippen LogP contribution in [-0.2, 0) is 10.4 Å². The Morgan fingerprint density at radius 3 is 1.36 bits per heavy atom. The van der Waals surface area contributed by atoms with Gasteiger partial charge in [-0.05, 0) is 48.6 Å². The van der Waals surface area contributed by atoms with E-state index in [0.717, 1.165) is 20.1 Å². The second-order valence-electron chi connectivity index (χ2n) is 9.81. The molecule has 2 aromatic heterocycles. The molecule has 13 heteroatoms. The van der Waals surface area contributed by atoms with Gasteiger partial charge in [0.15, 0.2) is 0 Å². The van der Waals surface area contributed by atoms with Crippen LogP contribution in [0.1, 0.15) is 10.0 Å². The van der Waals surface area contributed by atoms with Crippen LogP contribution < -0.4 is 20.6 Å². The van der Waals surface area contributed by atoms with E-state index in [1.165, 1.54) is 41.6 Å². The first kappa shape index (κ1) is 32.7. The van der Waals surface area contributed by atoms with Gasteiger partial charge in [0, 0.05) is 44.5 Å². The Morgan fingerprint density at radius 1 is 0.574 bits per heavy atom. The zero-order valence-electron chi connectivity index (χ0n) is 24.4. The van der Waals surface area contributed by atoms with Crippen molar-refractivity contribution in [1.82, 2.24) is 0 Å². The third-order valence-electron chi connectivity index (χ3n) is 6.45. The zero-order chi connectivity index (χ0) is 32.6. The smallest absolute Gasteiger partial charge is 0.261 e. The fourth-order valence-electron chi connectivity index (χ4n) is 4.49. The number of aromatic nitrogens is 2. The maximum absolute atomic E-state index is 8.52. The highest BCUT2D eigenvalue weighted by molar-refractivity contribution is 8.04. The summed E-state index contributed by atoms with van der Waals surface area (Å²) >= 11 is 7.07. The average Bonchev–Trinajstić information content (AvgIpc) is 3.84. The van der Waals surface area contributed by atoms with Crippen LogP contribution in [0.4, 0.5) is 11.4 Å². The second-order valence-corrected chi connectivity index (χ2v) is 15.0. The summed E-state index contributed by atoms with van der Waals surface area (Å²) < 4.78 is 36.6. The van der Waals surface area contributed by atoms with Crippen molar-refractivity contribution in [3.8, 4) is 0 Å². The Kier molecular flexibility index (Phi) is 10.5. The van der Waals surface area contributed by atoms with Crippen LogP contribution in [-0.4, -0.2) is 17.5 Å². The number of hydrogen-bond acceptors (Lipinski definition) is 10. The molecule has 0 unspecified atom stereocenters. The first-order valence-electron chi connectivity index (χ1n) is 14.1. The minimum Gasteiger partial charge on any atom is -0.759 e. The number of allylic oxidation sites excluding steroid dienone is 4. The van der Waals surface area contributed by atoms with Gasteiger partial charge in [0.1, 0.15) is 9.40 Å². The number of para-hydroxylation sites is 4. The van der Waals surface area contributed by atoms with E-state index in [9.17, 15) is 0 Å². The molecule has 4 N–H and O–H groups in total. The van der Waals surface area contributed by atoms with Crippen molar-refractivity contribution < 1.29 is 27.5 Å². The van der Waals surface area contributed by atoms with Gasteiger partial charge in [-0.3, -0.25) is 8.42 Å². The fraction of sp³-hybridized carbons (Fsp3) is 0. The SMILES string of the molecule is C(=Cc1[nH+]c2ccccc2s1)C=C1Nc2ccccc2S1.C(=Cc1[nH+]c2ccccc2s1)C=C1Nc2ccccc2S1.O=S(=O)([O-])[O-]. The lowest BCUT2D eigenvalue weighted by Crippen LogP contribution is -1.99. The lowest BCUT2D eigenvalue weighted by molar-refractivity contribution is -0.341. The Bertz CT molecular complexity index is 2000. The summed E-state index contributed by atoms with van der Waals surface area (Å²) in [5, 5.41) is 11.5. The Hall–Kier alpha value is -4.21. The van der Waals surface area contributed by atoms with Crippen molar-refractivity contribution in [2.75, 3.05) is 10.6 Å². The highest BCUT2D eigenvalue weighted by Gasteiger charge is 2.15. The van der Waals surface area contributed by atoms with Gasteiger partial charge in [-0.2, -0.15) is 9.97 Å². The lowest BCUT2D eigenvalue weighted by atomic mass is 10.3. The number of thioether (sulfide) groups is 2. The van der Waals surface area contributed by atoms with Crippen LogP contribution in [0.15, 0.2) is 141 Å². The van der Waals surface area contributed by atoms with Crippen molar-refractivity contribution in [1.29, 1.82) is 0 Å². The number of rotatable bonds is 4. The standard InChI is InChI=1S/2C17H12N2S2.H2O4S/c2*1-3-8-14-12(6-1)18-16(20-14)10-5-11-17-19-13-7-2-4-9-15(13)21-17;1-5(2,3)4/h2*1-11,18H;(H2,1,2,3,4). The number of benzene rings is 4. The molecule has 2 aliphatic rings. The molecule has 2 aliphatic heterocycles. The maximum atomic E-state index is 8.52. The predicted molar refractivity (Wildman–Crippen MR) is 193 cm³/mol. The van der Waals surface area contributed by atoms with Crippen molar-refractivity contribution in [2.45, 2.75) is 9.79 Å². The van der Waals surface area contributed by atoms with Crippen molar-refractivity contribution >= 4 is 101 Å². The van der Waals surface area contributed by atoms with Crippen LogP contribution in [0, 0.1) is 0 Å². The van der Waals surface area contributed by atoms with Crippen molar-refractivity contribution in [3.05, 3.63) is 141 Å². The van der Waals surface area contributed by atoms with E-state index in [-0.39, 0.29) is 0 Å². The van der Waals surface area contributed by atoms with Crippen LogP contribution in [0.2, 0.25) is 0 Å². The van der Waals surface area contributed by atoms with Gasteiger partial charge >= 0.3 is 0 Å². The highest BCUT2D eigenvalue weighted by atomic mass is 32.3. The summed E-state index contributed by atoms with van der Waals surface area (Å²) in [6, 6.07) is 33.4. The Morgan fingerprint density at radius 2 is 0.957 bits per heavy atom. The maximum Gasteiger partial charge on any atom is 0.261 e. The molecule has 0 amide bonds. The largest absolute Gasteiger partial charge is 0.759 e. The molecule has 0 fully saturated rings. The molecule has 6 aromatic rings. The molecule has 0 aliphatic carbocycles. The highest BCUT2D eigenvalue weighted by Crippen LogP contribution is 2.41. The molecule has 47 heavy (non-hydrogen) atoms. The number of hydrogen-bond donors (Lipinski definition) is 2. The third-order valence-corrected chi connectivity index (χ3v) is 10.6. The predicted octanol–water partition coefficient (Wildman–Crippen LogP) is 8.24. The first-order chi connectivity index (χ1) is 22.8. The lowest BCUT2D eigenvalue weighted by Gasteiger charge is -2.06. The van der Waals surface area contributed by atoms with Gasteiger partial charge in [0.2, 0.25) is 11.0 Å². The molecule has 0 saturated carbocycles. The monoisotopic (exact) mass is 714 g/mol. The van der Waals surface area contributed by atoms with Gasteiger partial charge in [-0.15, -0.1) is 0 Å². The normalized spacial score (nSPS) is 15.3. The topological polar surface area (TPSA) is 133 Å². The number of thiazole rings is 2. The van der Waals surface area contributed by atoms with E-state index >= 15 is 0 Å². The summed E-state index contributed by atoms with van der Waals surface area (Å²) in [5.41, 5.74) is 4.76. The summed E-state index contributed by atoms with van der Waals surface area (Å²) in [6.45, 7) is 0. The molecule has 8 rings (SSSR count). The second kappa shape index (κ2) is 15.1. The summed E-state index contributed by atoms with van der Waals surface area (Å²) in [5.74, 6) is 0. The quantitative estimate of drug-likeness (QED) is 0.138. The number of aromatic amines is 2. The van der Waals surface area contributed by atoms with Crippen LogP contribution >= 0.6 is 46.2 Å². The molecule has 0 saturated heterocycles. The van der Waals surface area contributed by atoms with E-state index in [2.05, 4.69) is 154 Å². The van der Waals surface area contributed by atoms with E-state index in [1.54, 1.807) is 46.2 Å². The molecule has 0 spiro atoms. The number of fused-ring (bicyclic) bond motifs is 4. The molecular formula is C34H26N4O4S5. The van der Waals surface area contributed by atoms with Gasteiger partial charge < -0.3 is 19.7 Å². The third kappa shape index (κ3) is 9.42. The molecule has 8 nitrogen and oxygen atoms in total. The summed E-state index contributed by atoms with van der Waals surface area (Å²) in [4.78, 5) is 9.39. The average molecular weight is 715 g/mol. The zero-order valence-corrected chi connectivity index (χ0v) is 28.5. The number of nitrogens with one attached hydrogen (secondary N) is 4. The van der Waals surface area contributed by atoms with Crippen molar-refractivity contribution in [3.63, 3.8) is 0 Å². The minimum absolute atomic E-state index is 1.16. The van der Waals surface area contributed by atoms with Gasteiger partial charge in [0.25, 0.3) is 10.0 Å². The molecule has 0 atom stereocenters. The molecule has 4 aromatic carbocycles. The van der Waals surface area contributed by atoms with Gasteiger partial charge in [-0.25, -0.2) is 0 Å². The Balaban J connectivity index is 0.000000144. The summed E-state index contributed by atoms with van der Waals surface area (Å²) in [7, 11) is -5.17. The number of H-pyrrole nitrogens is 2. The van der Waals surface area contributed by atoms with Gasteiger partial charge in [-0.1, -0.05) is 107 Å².